The van der Waals surface area contributed by atoms with E-state index in [4.69, 9.17) is 22.1 Å². The van der Waals surface area contributed by atoms with E-state index in [1.54, 1.807) is 18.2 Å². The highest BCUT2D eigenvalue weighted by Gasteiger charge is 2.21. The first-order valence-corrected chi connectivity index (χ1v) is 8.40. The highest BCUT2D eigenvalue weighted by atomic mass is 79.9. The van der Waals surface area contributed by atoms with Crippen molar-refractivity contribution in [1.29, 1.82) is 0 Å². The molecule has 0 aliphatic rings. The number of anilines is 2. The quantitative estimate of drug-likeness (QED) is 0.782. The molecule has 0 spiro atoms. The summed E-state index contributed by atoms with van der Waals surface area (Å²) in [5, 5.41) is 0.412. The fourth-order valence-electron chi connectivity index (χ4n) is 1.68. The summed E-state index contributed by atoms with van der Waals surface area (Å²) in [6.07, 6.45) is 0. The zero-order valence-electron chi connectivity index (χ0n) is 10.9. The molecule has 3 N–H and O–H groups in total. The zero-order chi connectivity index (χ0) is 15.6. The standard InChI is InChI=1S/C13H12BrClN2O3S/c1-20-12-5-3-9(16)7-13(12)21(18,19)17-11-6-8(15)2-4-10(11)14/h2-7,17H,16H2,1H3. The van der Waals surface area contributed by atoms with Gasteiger partial charge in [0.05, 0.1) is 12.8 Å². The number of benzene rings is 2. The van der Waals surface area contributed by atoms with E-state index in [9.17, 15) is 8.42 Å². The Morgan fingerprint density at radius 2 is 1.95 bits per heavy atom. The van der Waals surface area contributed by atoms with E-state index in [1.165, 1.54) is 25.3 Å². The predicted molar refractivity (Wildman–Crippen MR) is 87.4 cm³/mol. The Balaban J connectivity index is 2.48. The molecule has 0 unspecified atom stereocenters. The highest BCUT2D eigenvalue weighted by molar-refractivity contribution is 9.10. The molecule has 0 saturated carbocycles. The molecule has 0 atom stereocenters. The average molecular weight is 392 g/mol. The van der Waals surface area contributed by atoms with Crippen LogP contribution in [-0.2, 0) is 10.0 Å². The lowest BCUT2D eigenvalue weighted by Crippen LogP contribution is -2.14. The largest absolute Gasteiger partial charge is 0.495 e. The first kappa shape index (κ1) is 15.9. The lowest BCUT2D eigenvalue weighted by molar-refractivity contribution is 0.403. The lowest BCUT2D eigenvalue weighted by Gasteiger charge is -2.13. The first-order valence-electron chi connectivity index (χ1n) is 5.75. The number of nitrogens with one attached hydrogen (secondary N) is 1. The van der Waals surface area contributed by atoms with Crippen molar-refractivity contribution in [2.75, 3.05) is 17.6 Å². The average Bonchev–Trinajstić information content (AvgIpc) is 2.42. The molecule has 0 aromatic heterocycles. The maximum absolute atomic E-state index is 12.5. The third-order valence-electron chi connectivity index (χ3n) is 2.65. The first-order chi connectivity index (χ1) is 9.83. The van der Waals surface area contributed by atoms with Crippen LogP contribution in [0.4, 0.5) is 11.4 Å². The predicted octanol–water partition coefficient (Wildman–Crippen LogP) is 3.49. The molecule has 2 aromatic rings. The van der Waals surface area contributed by atoms with Gasteiger partial charge in [-0.05, 0) is 52.3 Å². The minimum Gasteiger partial charge on any atom is -0.495 e. The maximum Gasteiger partial charge on any atom is 0.265 e. The summed E-state index contributed by atoms with van der Waals surface area (Å²) in [4.78, 5) is -0.0446. The Hall–Kier alpha value is -1.44. The number of nitrogen functional groups attached to an aromatic ring is 1. The van der Waals surface area contributed by atoms with Crippen LogP contribution in [0.2, 0.25) is 5.02 Å². The monoisotopic (exact) mass is 390 g/mol. The summed E-state index contributed by atoms with van der Waals surface area (Å²) >= 11 is 9.14. The molecule has 0 bridgehead atoms. The second-order valence-corrected chi connectivity index (χ2v) is 7.08. The maximum atomic E-state index is 12.5. The van der Waals surface area contributed by atoms with Gasteiger partial charge in [-0.25, -0.2) is 8.42 Å². The molecule has 0 heterocycles. The smallest absolute Gasteiger partial charge is 0.265 e. The van der Waals surface area contributed by atoms with Gasteiger partial charge in [-0.1, -0.05) is 11.6 Å². The summed E-state index contributed by atoms with van der Waals surface area (Å²) in [5.41, 5.74) is 6.29. The van der Waals surface area contributed by atoms with Gasteiger partial charge in [0.15, 0.2) is 0 Å². The Morgan fingerprint density at radius 1 is 1.24 bits per heavy atom. The summed E-state index contributed by atoms with van der Waals surface area (Å²) in [7, 11) is -2.47. The zero-order valence-corrected chi connectivity index (χ0v) is 14.1. The number of hydrogen-bond acceptors (Lipinski definition) is 4. The van der Waals surface area contributed by atoms with Gasteiger partial charge < -0.3 is 10.5 Å². The van der Waals surface area contributed by atoms with Crippen LogP contribution in [0.5, 0.6) is 5.75 Å². The molecule has 5 nitrogen and oxygen atoms in total. The van der Waals surface area contributed by atoms with Crippen molar-refractivity contribution in [2.45, 2.75) is 4.90 Å². The van der Waals surface area contributed by atoms with Crippen molar-refractivity contribution >= 4 is 48.9 Å². The van der Waals surface area contributed by atoms with Crippen molar-refractivity contribution in [3.05, 3.63) is 45.9 Å². The molecule has 0 radical (unpaired) electrons. The fourth-order valence-corrected chi connectivity index (χ4v) is 3.60. The van der Waals surface area contributed by atoms with E-state index in [0.29, 0.717) is 20.9 Å². The van der Waals surface area contributed by atoms with Gasteiger partial charge in [0.2, 0.25) is 0 Å². The molecule has 0 aliphatic heterocycles. The summed E-state index contributed by atoms with van der Waals surface area (Å²) in [5.74, 6) is 0.204. The third-order valence-corrected chi connectivity index (χ3v) is 4.96. The molecule has 0 amide bonds. The van der Waals surface area contributed by atoms with Gasteiger partial charge in [-0.15, -0.1) is 0 Å². The second kappa shape index (κ2) is 6.13. The SMILES string of the molecule is COc1ccc(N)cc1S(=O)(=O)Nc1cc(Cl)ccc1Br. The van der Waals surface area contributed by atoms with Crippen LogP contribution in [0.25, 0.3) is 0 Å². The van der Waals surface area contributed by atoms with Crippen LogP contribution in [0.15, 0.2) is 45.8 Å². The summed E-state index contributed by atoms with van der Waals surface area (Å²) in [6.45, 7) is 0. The van der Waals surface area contributed by atoms with Crippen LogP contribution in [0.3, 0.4) is 0 Å². The molecule has 2 rings (SSSR count). The van der Waals surface area contributed by atoms with Crippen LogP contribution >= 0.6 is 27.5 Å². The van der Waals surface area contributed by atoms with E-state index < -0.39 is 10.0 Å². The number of rotatable bonds is 4. The molecular weight excluding hydrogens is 380 g/mol. The van der Waals surface area contributed by atoms with Gasteiger partial charge in [0, 0.05) is 15.2 Å². The number of halogens is 2. The Morgan fingerprint density at radius 3 is 2.62 bits per heavy atom. The van der Waals surface area contributed by atoms with Crippen LogP contribution in [-0.4, -0.2) is 15.5 Å². The van der Waals surface area contributed by atoms with Crippen molar-refractivity contribution < 1.29 is 13.2 Å². The molecule has 0 fully saturated rings. The van der Waals surface area contributed by atoms with Gasteiger partial charge in [0.1, 0.15) is 10.6 Å². The lowest BCUT2D eigenvalue weighted by atomic mass is 10.3. The molecule has 0 aliphatic carbocycles. The van der Waals surface area contributed by atoms with Crippen molar-refractivity contribution in [1.82, 2.24) is 0 Å². The molecule has 0 saturated heterocycles. The van der Waals surface area contributed by atoms with Gasteiger partial charge in [-0.2, -0.15) is 0 Å². The molecule has 2 aromatic carbocycles. The number of nitrogens with two attached hydrogens (primary N) is 1. The van der Waals surface area contributed by atoms with Gasteiger partial charge in [-0.3, -0.25) is 4.72 Å². The third kappa shape index (κ3) is 3.61. The van der Waals surface area contributed by atoms with Gasteiger partial charge in [0.25, 0.3) is 10.0 Å². The van der Waals surface area contributed by atoms with Crippen molar-refractivity contribution in [3.63, 3.8) is 0 Å². The second-order valence-electron chi connectivity index (χ2n) is 4.14. The van der Waals surface area contributed by atoms with E-state index in [1.807, 2.05) is 0 Å². The number of hydrogen-bond donors (Lipinski definition) is 2. The van der Waals surface area contributed by atoms with Crippen LogP contribution < -0.4 is 15.2 Å². The molecule has 112 valence electrons. The van der Waals surface area contributed by atoms with E-state index in [-0.39, 0.29) is 10.6 Å². The van der Waals surface area contributed by atoms with E-state index in [0.717, 1.165) is 0 Å². The van der Waals surface area contributed by atoms with Crippen molar-refractivity contribution in [2.24, 2.45) is 0 Å². The Bertz CT molecular complexity index is 781. The molecule has 21 heavy (non-hydrogen) atoms. The van der Waals surface area contributed by atoms with E-state index in [2.05, 4.69) is 20.7 Å². The number of methoxy groups -OCH3 is 1. The molecule has 8 heteroatoms. The summed E-state index contributed by atoms with van der Waals surface area (Å²) < 4.78 is 33.1. The summed E-state index contributed by atoms with van der Waals surface area (Å²) in [6, 6.07) is 9.19. The topological polar surface area (TPSA) is 81.4 Å². The minimum absolute atomic E-state index is 0.0446. The normalized spacial score (nSPS) is 11.2. The fraction of sp³-hybridized carbons (Fsp3) is 0.0769. The molecular formula is C13H12BrClN2O3S. The highest BCUT2D eigenvalue weighted by Crippen LogP contribution is 2.31. The van der Waals surface area contributed by atoms with Crippen LogP contribution in [0.1, 0.15) is 0 Å². The number of ether oxygens (including phenoxy) is 1. The van der Waals surface area contributed by atoms with Gasteiger partial charge >= 0.3 is 0 Å². The van der Waals surface area contributed by atoms with Crippen molar-refractivity contribution in [3.8, 4) is 5.75 Å². The number of sulfonamides is 1. The Kier molecular flexibility index (Phi) is 4.65. The minimum atomic E-state index is -3.86. The van der Waals surface area contributed by atoms with E-state index >= 15 is 0 Å². The Labute approximate surface area is 136 Å². The van der Waals surface area contributed by atoms with Crippen LogP contribution in [0, 0.1) is 0 Å².